The molecule has 1 saturated carbocycles. The van der Waals surface area contributed by atoms with Gasteiger partial charge in [0.2, 0.25) is 15.9 Å². The first kappa shape index (κ1) is 20.3. The molecule has 0 radical (unpaired) electrons. The van der Waals surface area contributed by atoms with Gasteiger partial charge in [-0.25, -0.2) is 13.1 Å². The Kier molecular flexibility index (Phi) is 5.59. The van der Waals surface area contributed by atoms with E-state index in [1.54, 1.807) is 31.5 Å². The molecule has 0 spiro atoms. The summed E-state index contributed by atoms with van der Waals surface area (Å²) in [6.07, 6.45) is 5.61. The predicted octanol–water partition coefficient (Wildman–Crippen LogP) is 2.32. The Morgan fingerprint density at radius 1 is 1.28 bits per heavy atom. The second kappa shape index (κ2) is 8.01. The second-order valence-corrected chi connectivity index (χ2v) is 9.74. The number of carbonyl (C=O) groups is 1. The average Bonchev–Trinajstić information content (AvgIpc) is 3.16. The van der Waals surface area contributed by atoms with Crippen LogP contribution in [0.3, 0.4) is 0 Å². The van der Waals surface area contributed by atoms with Gasteiger partial charge in [-0.05, 0) is 31.4 Å². The molecule has 0 bridgehead atoms. The van der Waals surface area contributed by atoms with E-state index in [2.05, 4.69) is 9.71 Å². The van der Waals surface area contributed by atoms with Gasteiger partial charge in [-0.2, -0.15) is 0 Å². The highest BCUT2D eigenvalue weighted by Gasteiger charge is 2.50. The molecule has 156 valence electrons. The molecule has 8 heteroatoms. The zero-order valence-electron chi connectivity index (χ0n) is 16.6. The Morgan fingerprint density at radius 2 is 2.10 bits per heavy atom. The summed E-state index contributed by atoms with van der Waals surface area (Å²) in [5.41, 5.74) is 0.260. The van der Waals surface area contributed by atoms with Gasteiger partial charge >= 0.3 is 0 Å². The van der Waals surface area contributed by atoms with Crippen LogP contribution in [0.5, 0.6) is 0 Å². The largest absolute Gasteiger partial charge is 0.383 e. The van der Waals surface area contributed by atoms with Crippen LogP contribution in [0.15, 0.2) is 41.4 Å². The molecule has 4 rings (SSSR count). The van der Waals surface area contributed by atoms with Crippen molar-refractivity contribution in [3.63, 3.8) is 0 Å². The van der Waals surface area contributed by atoms with Crippen molar-refractivity contribution in [2.45, 2.75) is 43.0 Å². The maximum Gasteiger partial charge on any atom is 0.242 e. The third-order valence-electron chi connectivity index (χ3n) is 6.43. The van der Waals surface area contributed by atoms with Gasteiger partial charge < -0.3 is 9.64 Å². The van der Waals surface area contributed by atoms with Crippen molar-refractivity contribution in [1.29, 1.82) is 0 Å². The summed E-state index contributed by atoms with van der Waals surface area (Å²) in [6, 6.07) is 8.90. The van der Waals surface area contributed by atoms with Crippen molar-refractivity contribution in [3.8, 4) is 0 Å². The first-order valence-electron chi connectivity index (χ1n) is 10.1. The lowest BCUT2D eigenvalue weighted by molar-refractivity contribution is -0.142. The van der Waals surface area contributed by atoms with Crippen LogP contribution in [0.25, 0.3) is 10.9 Å². The Hall–Kier alpha value is -2.03. The Labute approximate surface area is 171 Å². The number of nitrogens with zero attached hydrogens (tertiary/aromatic N) is 2. The molecule has 1 aliphatic carbocycles. The number of carbonyl (C=O) groups excluding carboxylic acids is 1. The Morgan fingerprint density at radius 3 is 2.93 bits per heavy atom. The first-order valence-corrected chi connectivity index (χ1v) is 11.6. The van der Waals surface area contributed by atoms with Gasteiger partial charge in [0.1, 0.15) is 4.90 Å². The minimum Gasteiger partial charge on any atom is -0.383 e. The van der Waals surface area contributed by atoms with E-state index in [4.69, 9.17) is 4.74 Å². The van der Waals surface area contributed by atoms with Crippen molar-refractivity contribution in [3.05, 3.63) is 36.5 Å². The van der Waals surface area contributed by atoms with Gasteiger partial charge in [0.25, 0.3) is 0 Å². The van der Waals surface area contributed by atoms with Crippen LogP contribution >= 0.6 is 0 Å². The fourth-order valence-corrected chi connectivity index (χ4v) is 6.26. The molecule has 2 heterocycles. The molecule has 1 saturated heterocycles. The van der Waals surface area contributed by atoms with E-state index in [9.17, 15) is 13.2 Å². The van der Waals surface area contributed by atoms with Crippen LogP contribution in [-0.4, -0.2) is 57.1 Å². The van der Waals surface area contributed by atoms with Crippen LogP contribution in [-0.2, 0) is 19.6 Å². The van der Waals surface area contributed by atoms with E-state index in [0.29, 0.717) is 31.6 Å². The number of nitrogens with one attached hydrogen (secondary N) is 1. The Bertz CT molecular complexity index is 1000. The fourth-order valence-electron chi connectivity index (χ4n) is 4.95. The highest BCUT2D eigenvalue weighted by Crippen LogP contribution is 2.47. The third-order valence-corrected chi connectivity index (χ3v) is 7.86. The number of piperidine rings is 1. The molecule has 1 amide bonds. The van der Waals surface area contributed by atoms with Gasteiger partial charge in [-0.15, -0.1) is 0 Å². The number of hydrogen-bond acceptors (Lipinski definition) is 5. The summed E-state index contributed by atoms with van der Waals surface area (Å²) in [6.45, 7) is 1.38. The molecule has 1 aliphatic heterocycles. The minimum absolute atomic E-state index is 0.0623. The molecular weight excluding hydrogens is 390 g/mol. The zero-order valence-corrected chi connectivity index (χ0v) is 17.5. The Balaban J connectivity index is 1.57. The summed E-state index contributed by atoms with van der Waals surface area (Å²) in [5, 5.41) is 0.793. The fraction of sp³-hybridized carbons (Fsp3) is 0.524. The van der Waals surface area contributed by atoms with Gasteiger partial charge in [0.05, 0.1) is 12.1 Å². The maximum absolute atomic E-state index is 13.1. The lowest BCUT2D eigenvalue weighted by Crippen LogP contribution is -2.56. The zero-order chi connectivity index (χ0) is 20.5. The smallest absolute Gasteiger partial charge is 0.242 e. The van der Waals surface area contributed by atoms with E-state index in [1.807, 2.05) is 17.0 Å². The van der Waals surface area contributed by atoms with Crippen molar-refractivity contribution in [2.75, 3.05) is 26.8 Å². The topological polar surface area (TPSA) is 88.6 Å². The molecule has 1 aromatic heterocycles. The number of methoxy groups -OCH3 is 1. The molecule has 2 atom stereocenters. The highest BCUT2D eigenvalue weighted by molar-refractivity contribution is 7.89. The summed E-state index contributed by atoms with van der Waals surface area (Å²) >= 11 is 0. The quantitative estimate of drug-likeness (QED) is 0.747. The number of aromatic nitrogens is 1. The normalized spacial score (nSPS) is 24.8. The van der Waals surface area contributed by atoms with Gasteiger partial charge in [0.15, 0.2) is 0 Å². The predicted molar refractivity (Wildman–Crippen MR) is 110 cm³/mol. The van der Waals surface area contributed by atoms with Crippen molar-refractivity contribution in [2.24, 2.45) is 5.41 Å². The number of pyridine rings is 1. The number of ether oxygens (including phenoxy) is 1. The SMILES string of the molecule is COCCN1C(=O)CC[C@]2(CNS(=O)(=O)c3cccc4cccnc34)CCC[C@@H]12. The second-order valence-electron chi connectivity index (χ2n) is 8.01. The van der Waals surface area contributed by atoms with Gasteiger partial charge in [0, 0.05) is 49.7 Å². The molecule has 0 unspecified atom stereocenters. The number of sulfonamides is 1. The number of likely N-dealkylation sites (tertiary alicyclic amines) is 1. The average molecular weight is 418 g/mol. The lowest BCUT2D eigenvalue weighted by atomic mass is 9.74. The molecule has 1 aromatic carbocycles. The van der Waals surface area contributed by atoms with Gasteiger partial charge in [-0.1, -0.05) is 24.6 Å². The summed E-state index contributed by atoms with van der Waals surface area (Å²) in [7, 11) is -2.09. The van der Waals surface area contributed by atoms with E-state index >= 15 is 0 Å². The lowest BCUT2D eigenvalue weighted by Gasteiger charge is -2.46. The first-order chi connectivity index (χ1) is 14.0. The van der Waals surface area contributed by atoms with E-state index in [0.717, 1.165) is 31.1 Å². The number of benzene rings is 1. The van der Waals surface area contributed by atoms with Crippen LogP contribution in [0.1, 0.15) is 32.1 Å². The van der Waals surface area contributed by atoms with Crippen LogP contribution in [0, 0.1) is 5.41 Å². The monoisotopic (exact) mass is 417 g/mol. The molecule has 2 aromatic rings. The third kappa shape index (κ3) is 3.76. The van der Waals surface area contributed by atoms with E-state index < -0.39 is 10.0 Å². The number of rotatable bonds is 7. The molecule has 1 N–H and O–H groups in total. The number of hydrogen-bond donors (Lipinski definition) is 1. The van der Waals surface area contributed by atoms with Crippen molar-refractivity contribution >= 4 is 26.8 Å². The number of para-hydroxylation sites is 1. The van der Waals surface area contributed by atoms with Crippen LogP contribution in [0.4, 0.5) is 0 Å². The standard InChI is InChI=1S/C21H27N3O4S/c1-28-14-13-24-18-8-3-10-21(18,11-9-19(24)25)15-23-29(26,27)17-7-2-5-16-6-4-12-22-20(16)17/h2,4-7,12,18,23H,3,8-11,13-15H2,1H3/t18-,21+/m1/s1. The summed E-state index contributed by atoms with van der Waals surface area (Å²) in [5.74, 6) is 0.144. The van der Waals surface area contributed by atoms with Crippen LogP contribution < -0.4 is 4.72 Å². The van der Waals surface area contributed by atoms with E-state index in [-0.39, 0.29) is 22.3 Å². The minimum atomic E-state index is -3.72. The summed E-state index contributed by atoms with van der Waals surface area (Å²) < 4.78 is 34.3. The molecule has 7 nitrogen and oxygen atoms in total. The molecule has 29 heavy (non-hydrogen) atoms. The van der Waals surface area contributed by atoms with Crippen molar-refractivity contribution < 1.29 is 17.9 Å². The molecule has 2 fully saturated rings. The number of fused-ring (bicyclic) bond motifs is 2. The highest BCUT2D eigenvalue weighted by atomic mass is 32.2. The van der Waals surface area contributed by atoms with Crippen molar-refractivity contribution in [1.82, 2.24) is 14.6 Å². The van der Waals surface area contributed by atoms with Gasteiger partial charge in [-0.3, -0.25) is 9.78 Å². The molecular formula is C21H27N3O4S. The van der Waals surface area contributed by atoms with Crippen LogP contribution in [0.2, 0.25) is 0 Å². The van der Waals surface area contributed by atoms with E-state index in [1.165, 1.54) is 0 Å². The molecule has 2 aliphatic rings. The summed E-state index contributed by atoms with van der Waals surface area (Å²) in [4.78, 5) is 18.9. The number of amides is 1. The maximum atomic E-state index is 13.1.